The molecule has 0 aliphatic heterocycles. The largest absolute Gasteiger partial charge is 0.475 e. The molecule has 1 aromatic rings. The summed E-state index contributed by atoms with van der Waals surface area (Å²) >= 11 is 0. The Balaban J connectivity index is 2.71. The van der Waals surface area contributed by atoms with E-state index in [0.29, 0.717) is 44.7 Å². The van der Waals surface area contributed by atoms with E-state index in [1.165, 1.54) is 0 Å². The molecule has 3 N–H and O–H groups in total. The minimum Gasteiger partial charge on any atom is -0.475 e. The van der Waals surface area contributed by atoms with Gasteiger partial charge in [-0.25, -0.2) is 14.8 Å². The SMILES string of the molecule is CCNC(=NCc1cccnc1OCCOC)NCC(C)(C)NC(=O)OC(C)(C)C. The van der Waals surface area contributed by atoms with Crippen molar-refractivity contribution in [1.82, 2.24) is 20.9 Å². The first-order chi connectivity index (χ1) is 14.1. The number of methoxy groups -OCH3 is 1. The molecule has 9 heteroatoms. The Kier molecular flexibility index (Phi) is 10.4. The highest BCUT2D eigenvalue weighted by molar-refractivity contribution is 5.80. The first-order valence-corrected chi connectivity index (χ1v) is 10.2. The van der Waals surface area contributed by atoms with Crippen LogP contribution in [0.3, 0.4) is 0 Å². The van der Waals surface area contributed by atoms with Crippen LogP contribution in [0.2, 0.25) is 0 Å². The molecule has 0 bridgehead atoms. The Morgan fingerprint density at radius 3 is 2.53 bits per heavy atom. The van der Waals surface area contributed by atoms with Gasteiger partial charge in [-0.15, -0.1) is 0 Å². The second-order valence-corrected chi connectivity index (χ2v) is 8.37. The zero-order valence-corrected chi connectivity index (χ0v) is 19.3. The number of nitrogens with zero attached hydrogens (tertiary/aromatic N) is 2. The van der Waals surface area contributed by atoms with Gasteiger partial charge in [-0.2, -0.15) is 0 Å². The van der Waals surface area contributed by atoms with Crippen molar-refractivity contribution in [2.24, 2.45) is 4.99 Å². The topological polar surface area (TPSA) is 106 Å². The maximum Gasteiger partial charge on any atom is 0.408 e. The van der Waals surface area contributed by atoms with Crippen LogP contribution in [0.15, 0.2) is 23.3 Å². The minimum atomic E-state index is -0.545. The summed E-state index contributed by atoms with van der Waals surface area (Å²) in [6.07, 6.45) is 1.23. The molecule has 0 fully saturated rings. The Hall–Kier alpha value is -2.55. The first kappa shape index (κ1) is 25.5. The molecule has 0 saturated heterocycles. The maximum atomic E-state index is 12.1. The molecule has 9 nitrogen and oxygen atoms in total. The lowest BCUT2D eigenvalue weighted by Gasteiger charge is -2.29. The van der Waals surface area contributed by atoms with Gasteiger partial charge in [0, 0.05) is 32.0 Å². The normalized spacial score (nSPS) is 12.3. The van der Waals surface area contributed by atoms with Gasteiger partial charge < -0.3 is 30.2 Å². The highest BCUT2D eigenvalue weighted by atomic mass is 16.6. The summed E-state index contributed by atoms with van der Waals surface area (Å²) in [6, 6.07) is 3.78. The predicted molar refractivity (Wildman–Crippen MR) is 118 cm³/mol. The zero-order chi connectivity index (χ0) is 22.6. The summed E-state index contributed by atoms with van der Waals surface area (Å²) in [5, 5.41) is 9.33. The second-order valence-electron chi connectivity index (χ2n) is 8.37. The summed E-state index contributed by atoms with van der Waals surface area (Å²) in [5.74, 6) is 1.17. The van der Waals surface area contributed by atoms with E-state index in [4.69, 9.17) is 14.2 Å². The lowest BCUT2D eigenvalue weighted by molar-refractivity contribution is 0.0474. The average Bonchev–Trinajstić information content (AvgIpc) is 2.63. The predicted octanol–water partition coefficient (Wildman–Crippen LogP) is 2.47. The smallest absolute Gasteiger partial charge is 0.408 e. The van der Waals surface area contributed by atoms with Crippen LogP contribution >= 0.6 is 0 Å². The van der Waals surface area contributed by atoms with Gasteiger partial charge in [-0.3, -0.25) is 0 Å². The Morgan fingerprint density at radius 2 is 1.90 bits per heavy atom. The lowest BCUT2D eigenvalue weighted by atomic mass is 10.1. The summed E-state index contributed by atoms with van der Waals surface area (Å²) in [6.45, 7) is 13.8. The lowest BCUT2D eigenvalue weighted by Crippen LogP contribution is -2.54. The quantitative estimate of drug-likeness (QED) is 0.301. The Morgan fingerprint density at radius 1 is 1.17 bits per heavy atom. The first-order valence-electron chi connectivity index (χ1n) is 10.2. The van der Waals surface area contributed by atoms with Crippen molar-refractivity contribution >= 4 is 12.1 Å². The molecule has 1 rings (SSSR count). The van der Waals surface area contributed by atoms with Gasteiger partial charge in [-0.05, 0) is 47.6 Å². The van der Waals surface area contributed by atoms with Gasteiger partial charge >= 0.3 is 6.09 Å². The van der Waals surface area contributed by atoms with Gasteiger partial charge in [0.15, 0.2) is 5.96 Å². The van der Waals surface area contributed by atoms with Crippen molar-refractivity contribution < 1.29 is 19.0 Å². The van der Waals surface area contributed by atoms with E-state index >= 15 is 0 Å². The van der Waals surface area contributed by atoms with Crippen molar-refractivity contribution in [2.75, 3.05) is 33.4 Å². The van der Waals surface area contributed by atoms with Crippen LogP contribution in [-0.2, 0) is 16.0 Å². The molecule has 1 amide bonds. The fourth-order valence-electron chi connectivity index (χ4n) is 2.33. The number of rotatable bonds is 10. The van der Waals surface area contributed by atoms with Crippen LogP contribution in [-0.4, -0.2) is 61.6 Å². The molecule has 0 saturated carbocycles. The number of guanidine groups is 1. The zero-order valence-electron chi connectivity index (χ0n) is 19.3. The molecule has 170 valence electrons. The van der Waals surface area contributed by atoms with Crippen LogP contribution in [0.4, 0.5) is 4.79 Å². The number of hydrogen-bond acceptors (Lipinski definition) is 6. The molecule has 0 spiro atoms. The number of pyridine rings is 1. The van der Waals surface area contributed by atoms with Gasteiger partial charge in [0.1, 0.15) is 12.2 Å². The maximum absolute atomic E-state index is 12.1. The third-order valence-corrected chi connectivity index (χ3v) is 3.67. The van der Waals surface area contributed by atoms with E-state index in [1.807, 2.05) is 53.7 Å². The van der Waals surface area contributed by atoms with E-state index in [-0.39, 0.29) is 0 Å². The molecular formula is C21H37N5O4. The fourth-order valence-corrected chi connectivity index (χ4v) is 2.33. The van der Waals surface area contributed by atoms with Crippen molar-refractivity contribution in [1.29, 1.82) is 0 Å². The number of ether oxygens (including phenoxy) is 3. The molecule has 0 aliphatic carbocycles. The van der Waals surface area contributed by atoms with Crippen molar-refractivity contribution in [3.8, 4) is 5.88 Å². The van der Waals surface area contributed by atoms with Crippen LogP contribution in [0, 0.1) is 0 Å². The van der Waals surface area contributed by atoms with Crippen molar-refractivity contribution in [3.05, 3.63) is 23.9 Å². The number of amides is 1. The number of alkyl carbamates (subject to hydrolysis) is 1. The van der Waals surface area contributed by atoms with Crippen molar-refractivity contribution in [2.45, 2.75) is 59.2 Å². The molecular weight excluding hydrogens is 386 g/mol. The van der Waals surface area contributed by atoms with E-state index < -0.39 is 17.2 Å². The highest BCUT2D eigenvalue weighted by Gasteiger charge is 2.24. The van der Waals surface area contributed by atoms with E-state index in [2.05, 4.69) is 25.9 Å². The number of hydrogen-bond donors (Lipinski definition) is 3. The van der Waals surface area contributed by atoms with E-state index in [9.17, 15) is 4.79 Å². The summed E-state index contributed by atoms with van der Waals surface area (Å²) < 4.78 is 16.0. The number of aliphatic imine (C=N–C) groups is 1. The molecule has 0 radical (unpaired) electrons. The van der Waals surface area contributed by atoms with Crippen LogP contribution < -0.4 is 20.7 Å². The summed E-state index contributed by atoms with van der Waals surface area (Å²) in [4.78, 5) is 20.9. The van der Waals surface area contributed by atoms with Gasteiger partial charge in [0.05, 0.1) is 18.7 Å². The highest BCUT2D eigenvalue weighted by Crippen LogP contribution is 2.15. The average molecular weight is 424 g/mol. The van der Waals surface area contributed by atoms with E-state index in [0.717, 1.165) is 5.56 Å². The third kappa shape index (κ3) is 10.8. The van der Waals surface area contributed by atoms with Crippen LogP contribution in [0.1, 0.15) is 47.1 Å². The number of carbonyl (C=O) groups excluding carboxylic acids is 1. The Bertz CT molecular complexity index is 686. The fraction of sp³-hybridized carbons (Fsp3) is 0.667. The molecule has 0 aliphatic rings. The summed E-state index contributed by atoms with van der Waals surface area (Å²) in [5.41, 5.74) is -0.213. The molecule has 30 heavy (non-hydrogen) atoms. The molecule has 0 aromatic carbocycles. The van der Waals surface area contributed by atoms with Crippen molar-refractivity contribution in [3.63, 3.8) is 0 Å². The van der Waals surface area contributed by atoms with Gasteiger partial charge in [0.25, 0.3) is 0 Å². The van der Waals surface area contributed by atoms with Crippen LogP contribution in [0.5, 0.6) is 5.88 Å². The molecule has 1 heterocycles. The molecule has 0 atom stereocenters. The van der Waals surface area contributed by atoms with Gasteiger partial charge in [-0.1, -0.05) is 6.07 Å². The Labute approximate surface area is 180 Å². The molecule has 1 aromatic heterocycles. The third-order valence-electron chi connectivity index (χ3n) is 3.67. The summed E-state index contributed by atoms with van der Waals surface area (Å²) in [7, 11) is 1.63. The standard InChI is InChI=1S/C21H37N5O4/c1-8-22-18(25-15-21(5,6)26-19(27)30-20(2,3)4)24-14-16-10-9-11-23-17(16)29-13-12-28-7/h9-11H,8,12-15H2,1-7H3,(H,26,27)(H2,22,24,25). The minimum absolute atomic E-state index is 0.394. The molecule has 0 unspecified atom stereocenters. The van der Waals surface area contributed by atoms with Crippen LogP contribution in [0.25, 0.3) is 0 Å². The van der Waals surface area contributed by atoms with E-state index in [1.54, 1.807) is 13.3 Å². The number of aromatic nitrogens is 1. The monoisotopic (exact) mass is 423 g/mol. The number of nitrogens with one attached hydrogen (secondary N) is 3. The second kappa shape index (κ2) is 12.2. The van der Waals surface area contributed by atoms with Gasteiger partial charge in [0.2, 0.25) is 5.88 Å². The number of carbonyl (C=O) groups is 1.